The van der Waals surface area contributed by atoms with Crippen LogP contribution in [0.2, 0.25) is 0 Å². The second-order valence-electron chi connectivity index (χ2n) is 3.68. The minimum atomic E-state index is -1.24. The summed E-state index contributed by atoms with van der Waals surface area (Å²) in [5.74, 6) is 0. The maximum atomic E-state index is 9.19. The molecule has 0 bridgehead atoms. The zero-order valence-corrected chi connectivity index (χ0v) is 10.6. The molecule has 5 nitrogen and oxygen atoms in total. The van der Waals surface area contributed by atoms with Crippen molar-refractivity contribution in [3.05, 3.63) is 28.2 Å². The summed E-state index contributed by atoms with van der Waals surface area (Å²) in [5, 5.41) is 39.3. The van der Waals surface area contributed by atoms with Crippen LogP contribution in [0.1, 0.15) is 5.56 Å². The molecule has 0 spiro atoms. The molecule has 0 amide bonds. The van der Waals surface area contributed by atoms with Crippen LogP contribution in [0, 0.1) is 11.3 Å². The molecule has 0 aromatic heterocycles. The topological polar surface area (TPSA) is 96.5 Å². The second-order valence-corrected chi connectivity index (χ2v) is 4.60. The van der Waals surface area contributed by atoms with Crippen molar-refractivity contribution < 1.29 is 15.3 Å². The van der Waals surface area contributed by atoms with Gasteiger partial charge in [0, 0.05) is 4.47 Å². The van der Waals surface area contributed by atoms with E-state index in [0.29, 0.717) is 11.3 Å². The Hall–Kier alpha value is -1.13. The smallest absolute Gasteiger partial charge is 0.107 e. The number of nitrogens with zero attached hydrogens (tertiary/aromatic N) is 1. The molecule has 0 heterocycles. The standard InChI is InChI=1S/C11H13BrN2O3/c12-9-2-1-8(4-13)10(3-9)14-11(5-15,6-16)7-17/h1-3,14-17H,5-7H2. The van der Waals surface area contributed by atoms with E-state index >= 15 is 0 Å². The summed E-state index contributed by atoms with van der Waals surface area (Å²) >= 11 is 3.26. The number of aliphatic hydroxyl groups excluding tert-OH is 3. The highest BCUT2D eigenvalue weighted by atomic mass is 79.9. The van der Waals surface area contributed by atoms with Crippen LogP contribution in [0.15, 0.2) is 22.7 Å². The first-order chi connectivity index (χ1) is 8.10. The Morgan fingerprint density at radius 3 is 2.29 bits per heavy atom. The molecule has 0 aliphatic rings. The number of anilines is 1. The van der Waals surface area contributed by atoms with Gasteiger partial charge in [0.05, 0.1) is 31.1 Å². The van der Waals surface area contributed by atoms with Crippen molar-refractivity contribution in [2.75, 3.05) is 25.1 Å². The highest BCUT2D eigenvalue weighted by molar-refractivity contribution is 9.10. The minimum absolute atomic E-state index is 0.368. The fraction of sp³-hybridized carbons (Fsp3) is 0.364. The molecule has 92 valence electrons. The van der Waals surface area contributed by atoms with E-state index in [0.717, 1.165) is 4.47 Å². The van der Waals surface area contributed by atoms with E-state index in [1.54, 1.807) is 18.2 Å². The maximum Gasteiger partial charge on any atom is 0.107 e. The van der Waals surface area contributed by atoms with Gasteiger partial charge in [-0.1, -0.05) is 15.9 Å². The Balaban J connectivity index is 3.09. The molecule has 0 fully saturated rings. The number of aliphatic hydroxyl groups is 3. The number of nitriles is 1. The molecule has 6 heteroatoms. The van der Waals surface area contributed by atoms with Crippen molar-refractivity contribution >= 4 is 21.6 Å². The zero-order chi connectivity index (χ0) is 12.9. The summed E-state index contributed by atoms with van der Waals surface area (Å²) in [7, 11) is 0. The monoisotopic (exact) mass is 300 g/mol. The van der Waals surface area contributed by atoms with Crippen LogP contribution in [-0.2, 0) is 0 Å². The van der Waals surface area contributed by atoms with Gasteiger partial charge in [-0.2, -0.15) is 5.26 Å². The van der Waals surface area contributed by atoms with E-state index in [1.807, 2.05) is 6.07 Å². The third-order valence-electron chi connectivity index (χ3n) is 2.41. The molecule has 1 rings (SSSR count). The second kappa shape index (κ2) is 5.98. The number of halogens is 1. The summed E-state index contributed by atoms with van der Waals surface area (Å²) in [6, 6.07) is 6.95. The molecular formula is C11H13BrN2O3. The summed E-state index contributed by atoms with van der Waals surface area (Å²) < 4.78 is 0.752. The lowest BCUT2D eigenvalue weighted by atomic mass is 10.0. The minimum Gasteiger partial charge on any atom is -0.394 e. The summed E-state index contributed by atoms with van der Waals surface area (Å²) in [6.07, 6.45) is 0. The van der Waals surface area contributed by atoms with Crippen LogP contribution < -0.4 is 5.32 Å². The van der Waals surface area contributed by atoms with Gasteiger partial charge in [0.25, 0.3) is 0 Å². The predicted molar refractivity (Wildman–Crippen MR) is 66.5 cm³/mol. The van der Waals surface area contributed by atoms with Gasteiger partial charge in [-0.25, -0.2) is 0 Å². The number of nitrogens with one attached hydrogen (secondary N) is 1. The normalized spacial score (nSPS) is 11.0. The molecular weight excluding hydrogens is 288 g/mol. The van der Waals surface area contributed by atoms with E-state index in [1.165, 1.54) is 0 Å². The van der Waals surface area contributed by atoms with Gasteiger partial charge in [-0.15, -0.1) is 0 Å². The molecule has 0 radical (unpaired) electrons. The van der Waals surface area contributed by atoms with Crippen molar-refractivity contribution in [1.29, 1.82) is 5.26 Å². The fourth-order valence-electron chi connectivity index (χ4n) is 1.27. The molecule has 4 N–H and O–H groups in total. The van der Waals surface area contributed by atoms with Crippen molar-refractivity contribution in [2.24, 2.45) is 0 Å². The Kier molecular flexibility index (Phi) is 4.90. The summed E-state index contributed by atoms with van der Waals surface area (Å²) in [5.41, 5.74) is -0.432. The van der Waals surface area contributed by atoms with Crippen molar-refractivity contribution in [3.63, 3.8) is 0 Å². The van der Waals surface area contributed by atoms with E-state index < -0.39 is 25.4 Å². The van der Waals surface area contributed by atoms with Gasteiger partial charge in [-0.05, 0) is 18.2 Å². The first-order valence-corrected chi connectivity index (χ1v) is 5.70. The van der Waals surface area contributed by atoms with Crippen molar-refractivity contribution in [2.45, 2.75) is 5.54 Å². The molecule has 1 aromatic rings. The van der Waals surface area contributed by atoms with E-state index in [9.17, 15) is 15.3 Å². The molecule has 1 aromatic carbocycles. The molecule has 0 unspecified atom stereocenters. The quantitative estimate of drug-likeness (QED) is 0.633. The number of benzene rings is 1. The molecule has 0 aliphatic heterocycles. The van der Waals surface area contributed by atoms with Gasteiger partial charge < -0.3 is 20.6 Å². The summed E-state index contributed by atoms with van der Waals surface area (Å²) in [4.78, 5) is 0. The average molecular weight is 301 g/mol. The molecule has 0 saturated heterocycles. The van der Waals surface area contributed by atoms with E-state index in [-0.39, 0.29) is 0 Å². The highest BCUT2D eigenvalue weighted by Crippen LogP contribution is 2.24. The Morgan fingerprint density at radius 1 is 1.24 bits per heavy atom. The molecule has 0 saturated carbocycles. The van der Waals surface area contributed by atoms with Crippen LogP contribution in [-0.4, -0.2) is 40.7 Å². The number of hydrogen-bond acceptors (Lipinski definition) is 5. The fourth-order valence-corrected chi connectivity index (χ4v) is 1.63. The van der Waals surface area contributed by atoms with Crippen molar-refractivity contribution in [3.8, 4) is 6.07 Å². The molecule has 0 aliphatic carbocycles. The third-order valence-corrected chi connectivity index (χ3v) is 2.90. The Labute approximate surface area is 107 Å². The van der Waals surface area contributed by atoms with Crippen LogP contribution in [0.4, 0.5) is 5.69 Å². The lowest BCUT2D eigenvalue weighted by Crippen LogP contribution is -2.49. The van der Waals surface area contributed by atoms with Gasteiger partial charge in [0.2, 0.25) is 0 Å². The van der Waals surface area contributed by atoms with Crippen LogP contribution in [0.3, 0.4) is 0 Å². The van der Waals surface area contributed by atoms with Gasteiger partial charge in [0.1, 0.15) is 11.6 Å². The van der Waals surface area contributed by atoms with Crippen LogP contribution in [0.5, 0.6) is 0 Å². The van der Waals surface area contributed by atoms with Gasteiger partial charge >= 0.3 is 0 Å². The largest absolute Gasteiger partial charge is 0.394 e. The van der Waals surface area contributed by atoms with E-state index in [2.05, 4.69) is 21.2 Å². The lowest BCUT2D eigenvalue weighted by molar-refractivity contribution is 0.0833. The number of hydrogen-bond donors (Lipinski definition) is 4. The number of rotatable bonds is 5. The van der Waals surface area contributed by atoms with Gasteiger partial charge in [0.15, 0.2) is 0 Å². The third kappa shape index (κ3) is 3.17. The maximum absolute atomic E-state index is 9.19. The Morgan fingerprint density at radius 2 is 1.82 bits per heavy atom. The SMILES string of the molecule is N#Cc1ccc(Br)cc1NC(CO)(CO)CO. The first-order valence-electron chi connectivity index (χ1n) is 4.91. The average Bonchev–Trinajstić information content (AvgIpc) is 2.36. The van der Waals surface area contributed by atoms with E-state index in [4.69, 9.17) is 5.26 Å². The van der Waals surface area contributed by atoms with Gasteiger partial charge in [-0.3, -0.25) is 0 Å². The summed E-state index contributed by atoms with van der Waals surface area (Å²) in [6.45, 7) is -1.34. The lowest BCUT2D eigenvalue weighted by Gasteiger charge is -2.30. The molecule has 17 heavy (non-hydrogen) atoms. The van der Waals surface area contributed by atoms with Crippen LogP contribution >= 0.6 is 15.9 Å². The zero-order valence-electron chi connectivity index (χ0n) is 9.02. The highest BCUT2D eigenvalue weighted by Gasteiger charge is 2.28. The van der Waals surface area contributed by atoms with Crippen LogP contribution in [0.25, 0.3) is 0 Å². The predicted octanol–water partition coefficient (Wildman–Crippen LogP) is 0.448. The first kappa shape index (κ1) is 13.9. The van der Waals surface area contributed by atoms with Crippen molar-refractivity contribution in [1.82, 2.24) is 0 Å². The Bertz CT molecular complexity index is 419. The molecule has 0 atom stereocenters.